The van der Waals surface area contributed by atoms with Gasteiger partial charge >= 0.3 is 0 Å². The summed E-state index contributed by atoms with van der Waals surface area (Å²) >= 11 is 12.0. The molecule has 1 aromatic carbocycles. The van der Waals surface area contributed by atoms with Crippen molar-refractivity contribution in [2.24, 2.45) is 5.73 Å². The van der Waals surface area contributed by atoms with Gasteiger partial charge in [0.05, 0.1) is 5.69 Å². The highest BCUT2D eigenvalue weighted by atomic mass is 35.5. The van der Waals surface area contributed by atoms with Crippen LogP contribution in [0.15, 0.2) is 36.4 Å². The molecule has 0 spiro atoms. The van der Waals surface area contributed by atoms with E-state index in [1.54, 1.807) is 6.07 Å². The molecule has 0 fully saturated rings. The largest absolute Gasteiger partial charge is 0.365 e. The third-order valence-corrected chi connectivity index (χ3v) is 3.34. The molecular weight excluding hydrogens is 295 g/mol. The SMILES string of the molecule is NCCCN(Cc1ccccc1)c1cc(Cl)nnc1Cl. The topological polar surface area (TPSA) is 55.0 Å². The summed E-state index contributed by atoms with van der Waals surface area (Å²) in [6, 6.07) is 11.9. The van der Waals surface area contributed by atoms with Crippen molar-refractivity contribution in [3.05, 3.63) is 52.3 Å². The van der Waals surface area contributed by atoms with Crippen LogP contribution in [0.3, 0.4) is 0 Å². The number of hydrogen-bond acceptors (Lipinski definition) is 4. The lowest BCUT2D eigenvalue weighted by molar-refractivity contribution is 0.732. The molecule has 6 heteroatoms. The zero-order chi connectivity index (χ0) is 14.4. The quantitative estimate of drug-likeness (QED) is 0.890. The van der Waals surface area contributed by atoms with Gasteiger partial charge in [-0.15, -0.1) is 10.2 Å². The molecule has 0 atom stereocenters. The van der Waals surface area contributed by atoms with E-state index < -0.39 is 0 Å². The first kappa shape index (κ1) is 15.0. The maximum Gasteiger partial charge on any atom is 0.175 e. The monoisotopic (exact) mass is 310 g/mol. The second-order valence-corrected chi connectivity index (χ2v) is 5.14. The minimum atomic E-state index is 0.329. The first-order valence-electron chi connectivity index (χ1n) is 6.38. The Labute approximate surface area is 128 Å². The summed E-state index contributed by atoms with van der Waals surface area (Å²) in [4.78, 5) is 2.12. The fraction of sp³-hybridized carbons (Fsp3) is 0.286. The molecule has 20 heavy (non-hydrogen) atoms. The molecule has 1 heterocycles. The summed E-state index contributed by atoms with van der Waals surface area (Å²) < 4.78 is 0. The van der Waals surface area contributed by atoms with Gasteiger partial charge in [-0.2, -0.15) is 0 Å². The molecule has 0 bridgehead atoms. The summed E-state index contributed by atoms with van der Waals surface area (Å²) in [7, 11) is 0. The Morgan fingerprint density at radius 2 is 1.85 bits per heavy atom. The van der Waals surface area contributed by atoms with Gasteiger partial charge in [0.2, 0.25) is 0 Å². The summed E-state index contributed by atoms with van der Waals surface area (Å²) in [5, 5.41) is 8.28. The average Bonchev–Trinajstić information content (AvgIpc) is 2.47. The van der Waals surface area contributed by atoms with Crippen LogP contribution in [0.4, 0.5) is 5.69 Å². The van der Waals surface area contributed by atoms with Gasteiger partial charge in [0.15, 0.2) is 10.3 Å². The molecule has 0 saturated heterocycles. The molecule has 0 aliphatic heterocycles. The molecule has 4 nitrogen and oxygen atoms in total. The highest BCUT2D eigenvalue weighted by Crippen LogP contribution is 2.26. The molecule has 1 aromatic heterocycles. The van der Waals surface area contributed by atoms with E-state index in [-0.39, 0.29) is 0 Å². The van der Waals surface area contributed by atoms with Crippen molar-refractivity contribution in [3.63, 3.8) is 0 Å². The van der Waals surface area contributed by atoms with Crippen LogP contribution in [-0.2, 0) is 6.54 Å². The van der Waals surface area contributed by atoms with Gasteiger partial charge in [0.1, 0.15) is 0 Å². The van der Waals surface area contributed by atoms with Gasteiger partial charge in [-0.05, 0) is 18.5 Å². The third kappa shape index (κ3) is 4.07. The van der Waals surface area contributed by atoms with Crippen molar-refractivity contribution < 1.29 is 0 Å². The summed E-state index contributed by atoms with van der Waals surface area (Å²) in [5.41, 5.74) is 7.57. The number of nitrogens with zero attached hydrogens (tertiary/aromatic N) is 3. The lowest BCUT2D eigenvalue weighted by Gasteiger charge is -2.25. The van der Waals surface area contributed by atoms with Crippen LogP contribution in [0.5, 0.6) is 0 Å². The van der Waals surface area contributed by atoms with Crippen molar-refractivity contribution in [3.8, 4) is 0 Å². The number of aromatic nitrogens is 2. The second-order valence-electron chi connectivity index (χ2n) is 4.39. The molecule has 2 N–H and O–H groups in total. The summed E-state index contributed by atoms with van der Waals surface area (Å²) in [5.74, 6) is 0. The van der Waals surface area contributed by atoms with Crippen LogP contribution < -0.4 is 10.6 Å². The van der Waals surface area contributed by atoms with Crippen LogP contribution >= 0.6 is 23.2 Å². The van der Waals surface area contributed by atoms with Crippen LogP contribution in [0, 0.1) is 0 Å². The van der Waals surface area contributed by atoms with E-state index in [1.165, 1.54) is 5.56 Å². The zero-order valence-corrected chi connectivity index (χ0v) is 12.5. The molecule has 0 saturated carbocycles. The van der Waals surface area contributed by atoms with Crippen LogP contribution in [0.25, 0.3) is 0 Å². The number of halogens is 2. The van der Waals surface area contributed by atoms with Crippen molar-refractivity contribution in [2.75, 3.05) is 18.0 Å². The van der Waals surface area contributed by atoms with Crippen LogP contribution in [-0.4, -0.2) is 23.3 Å². The Balaban J connectivity index is 2.24. The molecule has 2 aromatic rings. The second kappa shape index (κ2) is 7.43. The Morgan fingerprint density at radius 3 is 2.55 bits per heavy atom. The van der Waals surface area contributed by atoms with Gasteiger partial charge in [0, 0.05) is 19.2 Å². The van der Waals surface area contributed by atoms with E-state index in [0.717, 1.165) is 25.2 Å². The Kier molecular flexibility index (Phi) is 5.59. The predicted octanol–water partition coefficient (Wildman–Crippen LogP) is 3.14. The summed E-state index contributed by atoms with van der Waals surface area (Å²) in [6.07, 6.45) is 0.864. The maximum atomic E-state index is 6.13. The predicted molar refractivity (Wildman–Crippen MR) is 83.2 cm³/mol. The van der Waals surface area contributed by atoms with Gasteiger partial charge < -0.3 is 10.6 Å². The Morgan fingerprint density at radius 1 is 1.10 bits per heavy atom. The Bertz CT molecular complexity index is 548. The first-order valence-corrected chi connectivity index (χ1v) is 7.14. The van der Waals surface area contributed by atoms with Crippen molar-refractivity contribution in [1.29, 1.82) is 0 Å². The van der Waals surface area contributed by atoms with E-state index in [2.05, 4.69) is 27.2 Å². The standard InChI is InChI=1S/C14H16Cl2N4/c15-13-9-12(14(16)19-18-13)20(8-4-7-17)10-11-5-2-1-3-6-11/h1-3,5-6,9H,4,7-8,10,17H2. The minimum Gasteiger partial charge on any atom is -0.365 e. The minimum absolute atomic E-state index is 0.329. The Hall–Kier alpha value is -1.36. The molecule has 0 unspecified atom stereocenters. The molecule has 0 aliphatic carbocycles. The summed E-state index contributed by atoms with van der Waals surface area (Å²) in [6.45, 7) is 2.13. The van der Waals surface area contributed by atoms with Gasteiger partial charge in [0.25, 0.3) is 0 Å². The fourth-order valence-corrected chi connectivity index (χ4v) is 2.29. The number of nitrogens with two attached hydrogens (primary N) is 1. The van der Waals surface area contributed by atoms with Gasteiger partial charge in [-0.25, -0.2) is 0 Å². The lowest BCUT2D eigenvalue weighted by atomic mass is 10.2. The third-order valence-electron chi connectivity index (χ3n) is 2.89. The number of anilines is 1. The molecule has 0 aliphatic rings. The van der Waals surface area contributed by atoms with Crippen LogP contribution in [0.1, 0.15) is 12.0 Å². The zero-order valence-electron chi connectivity index (χ0n) is 11.0. The maximum absolute atomic E-state index is 6.13. The average molecular weight is 311 g/mol. The van der Waals surface area contributed by atoms with E-state index in [9.17, 15) is 0 Å². The van der Waals surface area contributed by atoms with E-state index >= 15 is 0 Å². The van der Waals surface area contributed by atoms with Crippen molar-refractivity contribution in [2.45, 2.75) is 13.0 Å². The molecular formula is C14H16Cl2N4. The van der Waals surface area contributed by atoms with Crippen molar-refractivity contribution in [1.82, 2.24) is 10.2 Å². The fourth-order valence-electron chi connectivity index (χ4n) is 1.94. The highest BCUT2D eigenvalue weighted by molar-refractivity contribution is 6.33. The van der Waals surface area contributed by atoms with Crippen molar-refractivity contribution >= 4 is 28.9 Å². The number of benzene rings is 1. The molecule has 0 radical (unpaired) electrons. The van der Waals surface area contributed by atoms with E-state index in [1.807, 2.05) is 18.2 Å². The molecule has 106 valence electrons. The van der Waals surface area contributed by atoms with Gasteiger partial charge in [-0.1, -0.05) is 53.5 Å². The van der Waals surface area contributed by atoms with E-state index in [4.69, 9.17) is 28.9 Å². The van der Waals surface area contributed by atoms with Crippen LogP contribution in [0.2, 0.25) is 10.3 Å². The first-order chi connectivity index (χ1) is 9.70. The molecule has 2 rings (SSSR count). The molecule has 0 amide bonds. The lowest BCUT2D eigenvalue weighted by Crippen LogP contribution is -2.26. The highest BCUT2D eigenvalue weighted by Gasteiger charge is 2.13. The van der Waals surface area contributed by atoms with Gasteiger partial charge in [-0.3, -0.25) is 0 Å². The smallest absolute Gasteiger partial charge is 0.175 e. The number of hydrogen-bond donors (Lipinski definition) is 1. The van der Waals surface area contributed by atoms with E-state index in [0.29, 0.717) is 16.9 Å². The number of rotatable bonds is 6. The normalized spacial score (nSPS) is 10.6.